The van der Waals surface area contributed by atoms with Gasteiger partial charge in [0.2, 0.25) is 0 Å². The van der Waals surface area contributed by atoms with E-state index in [1.165, 1.54) is 0 Å². The summed E-state index contributed by atoms with van der Waals surface area (Å²) in [5.41, 5.74) is 6.87. The maximum Gasteiger partial charge on any atom is 0.411 e. The molecule has 0 saturated carbocycles. The van der Waals surface area contributed by atoms with Gasteiger partial charge < -0.3 is 15.4 Å². The molecule has 0 bridgehead atoms. The highest BCUT2D eigenvalue weighted by atomic mass is 16.6. The standard InChI is InChI=1S/C12H19N3O2/c1-9(8-15(2)3)17-12(16)14-11-6-4-10(13)5-7-11/h4-7,9H,8,13H2,1-3H3,(H,14,16). The largest absolute Gasteiger partial charge is 0.445 e. The molecule has 1 aromatic carbocycles. The lowest BCUT2D eigenvalue weighted by Crippen LogP contribution is -2.29. The second kappa shape index (κ2) is 6.10. The van der Waals surface area contributed by atoms with Gasteiger partial charge in [0.15, 0.2) is 0 Å². The third-order valence-corrected chi connectivity index (χ3v) is 2.09. The second-order valence-electron chi connectivity index (χ2n) is 4.23. The van der Waals surface area contributed by atoms with Gasteiger partial charge in [-0.2, -0.15) is 0 Å². The zero-order valence-corrected chi connectivity index (χ0v) is 10.4. The Balaban J connectivity index is 2.41. The summed E-state index contributed by atoms with van der Waals surface area (Å²) in [7, 11) is 3.86. The van der Waals surface area contributed by atoms with Crippen LogP contribution < -0.4 is 11.1 Å². The Kier molecular flexibility index (Phi) is 4.78. The highest BCUT2D eigenvalue weighted by Gasteiger charge is 2.10. The molecule has 0 aliphatic heterocycles. The molecular formula is C12H19N3O2. The fourth-order valence-corrected chi connectivity index (χ4v) is 1.45. The highest BCUT2D eigenvalue weighted by Crippen LogP contribution is 2.11. The van der Waals surface area contributed by atoms with E-state index in [9.17, 15) is 4.79 Å². The first-order chi connectivity index (χ1) is 7.97. The number of carbonyl (C=O) groups excluding carboxylic acids is 1. The summed E-state index contributed by atoms with van der Waals surface area (Å²) in [6, 6.07) is 6.90. The fraction of sp³-hybridized carbons (Fsp3) is 0.417. The van der Waals surface area contributed by atoms with Crippen molar-refractivity contribution < 1.29 is 9.53 Å². The van der Waals surface area contributed by atoms with Gasteiger partial charge >= 0.3 is 6.09 Å². The van der Waals surface area contributed by atoms with E-state index in [4.69, 9.17) is 10.5 Å². The van der Waals surface area contributed by atoms with Crippen LogP contribution in [0.4, 0.5) is 16.2 Å². The number of nitrogens with one attached hydrogen (secondary N) is 1. The minimum Gasteiger partial charge on any atom is -0.445 e. The Morgan fingerprint density at radius 1 is 1.41 bits per heavy atom. The quantitative estimate of drug-likeness (QED) is 0.783. The molecule has 0 aliphatic rings. The average molecular weight is 237 g/mol. The van der Waals surface area contributed by atoms with Crippen molar-refractivity contribution in [3.05, 3.63) is 24.3 Å². The summed E-state index contributed by atoms with van der Waals surface area (Å²) < 4.78 is 5.17. The molecule has 94 valence electrons. The van der Waals surface area contributed by atoms with Crippen molar-refractivity contribution in [2.45, 2.75) is 13.0 Å². The molecule has 1 aromatic rings. The molecule has 1 rings (SSSR count). The lowest BCUT2D eigenvalue weighted by Gasteiger charge is -2.17. The van der Waals surface area contributed by atoms with Crippen molar-refractivity contribution in [2.75, 3.05) is 31.7 Å². The number of rotatable bonds is 4. The van der Waals surface area contributed by atoms with Crippen LogP contribution in [0.2, 0.25) is 0 Å². The van der Waals surface area contributed by atoms with Crippen LogP contribution in [0.15, 0.2) is 24.3 Å². The van der Waals surface area contributed by atoms with Crippen molar-refractivity contribution in [1.29, 1.82) is 0 Å². The average Bonchev–Trinajstić information content (AvgIpc) is 2.19. The Morgan fingerprint density at radius 3 is 2.53 bits per heavy atom. The first-order valence-electron chi connectivity index (χ1n) is 5.45. The maximum atomic E-state index is 11.5. The van der Waals surface area contributed by atoms with Crippen LogP contribution in [0.25, 0.3) is 0 Å². The minimum atomic E-state index is -0.455. The molecule has 1 amide bonds. The monoisotopic (exact) mass is 237 g/mol. The summed E-state index contributed by atoms with van der Waals surface area (Å²) in [5.74, 6) is 0. The van der Waals surface area contributed by atoms with Gasteiger partial charge in [0.25, 0.3) is 0 Å². The molecule has 0 radical (unpaired) electrons. The van der Waals surface area contributed by atoms with Crippen molar-refractivity contribution in [1.82, 2.24) is 4.90 Å². The van der Waals surface area contributed by atoms with Crippen LogP contribution in [0, 0.1) is 0 Å². The highest BCUT2D eigenvalue weighted by molar-refractivity contribution is 5.84. The fourth-order valence-electron chi connectivity index (χ4n) is 1.45. The molecule has 0 spiro atoms. The lowest BCUT2D eigenvalue weighted by molar-refractivity contribution is 0.103. The first-order valence-corrected chi connectivity index (χ1v) is 5.45. The van der Waals surface area contributed by atoms with E-state index in [-0.39, 0.29) is 6.10 Å². The number of carbonyl (C=O) groups is 1. The van der Waals surface area contributed by atoms with Crippen LogP contribution >= 0.6 is 0 Å². The van der Waals surface area contributed by atoms with Crippen LogP contribution in [-0.2, 0) is 4.74 Å². The molecule has 0 aliphatic carbocycles. The van der Waals surface area contributed by atoms with E-state index < -0.39 is 6.09 Å². The summed E-state index contributed by atoms with van der Waals surface area (Å²) in [4.78, 5) is 13.5. The molecule has 0 fully saturated rings. The summed E-state index contributed by atoms with van der Waals surface area (Å²) in [5, 5.41) is 2.64. The van der Waals surface area contributed by atoms with E-state index in [1.807, 2.05) is 25.9 Å². The summed E-state index contributed by atoms with van der Waals surface area (Å²) >= 11 is 0. The van der Waals surface area contributed by atoms with Crippen LogP contribution in [0.3, 0.4) is 0 Å². The molecule has 3 N–H and O–H groups in total. The number of anilines is 2. The van der Waals surface area contributed by atoms with Gasteiger partial charge in [-0.25, -0.2) is 4.79 Å². The number of benzene rings is 1. The Bertz CT molecular complexity index is 363. The maximum absolute atomic E-state index is 11.5. The molecule has 5 nitrogen and oxygen atoms in total. The van der Waals surface area contributed by atoms with E-state index in [0.717, 1.165) is 0 Å². The number of hydrogen-bond donors (Lipinski definition) is 2. The van der Waals surface area contributed by atoms with Crippen molar-refractivity contribution >= 4 is 17.5 Å². The Labute approximate surface area is 102 Å². The molecule has 0 heterocycles. The van der Waals surface area contributed by atoms with Gasteiger partial charge in [0.1, 0.15) is 6.10 Å². The topological polar surface area (TPSA) is 67.6 Å². The van der Waals surface area contributed by atoms with Gasteiger partial charge in [-0.3, -0.25) is 5.32 Å². The molecular weight excluding hydrogens is 218 g/mol. The van der Waals surface area contributed by atoms with Crippen LogP contribution in [0.5, 0.6) is 0 Å². The summed E-state index contributed by atoms with van der Waals surface area (Å²) in [6.07, 6.45) is -0.608. The van der Waals surface area contributed by atoms with Gasteiger partial charge in [-0.05, 0) is 45.3 Å². The van der Waals surface area contributed by atoms with E-state index in [0.29, 0.717) is 17.9 Å². The molecule has 0 aromatic heterocycles. The van der Waals surface area contributed by atoms with E-state index in [1.54, 1.807) is 24.3 Å². The van der Waals surface area contributed by atoms with E-state index in [2.05, 4.69) is 5.32 Å². The molecule has 1 atom stereocenters. The molecule has 1 unspecified atom stereocenters. The van der Waals surface area contributed by atoms with Crippen molar-refractivity contribution in [2.24, 2.45) is 0 Å². The van der Waals surface area contributed by atoms with Crippen LogP contribution in [-0.4, -0.2) is 37.7 Å². The van der Waals surface area contributed by atoms with Crippen molar-refractivity contribution in [3.8, 4) is 0 Å². The molecule has 17 heavy (non-hydrogen) atoms. The zero-order chi connectivity index (χ0) is 12.8. The minimum absolute atomic E-state index is 0.154. The van der Waals surface area contributed by atoms with Gasteiger partial charge in [0, 0.05) is 17.9 Å². The first kappa shape index (κ1) is 13.3. The van der Waals surface area contributed by atoms with E-state index >= 15 is 0 Å². The number of nitrogens with two attached hydrogens (primary N) is 1. The van der Waals surface area contributed by atoms with Gasteiger partial charge in [0.05, 0.1) is 0 Å². The normalized spacial score (nSPS) is 12.2. The number of likely N-dealkylation sites (N-methyl/N-ethyl adjacent to an activating group) is 1. The number of ether oxygens (including phenoxy) is 1. The Hall–Kier alpha value is -1.75. The molecule has 5 heteroatoms. The SMILES string of the molecule is CC(CN(C)C)OC(=O)Nc1ccc(N)cc1. The van der Waals surface area contributed by atoms with Crippen LogP contribution in [0.1, 0.15) is 6.92 Å². The lowest BCUT2D eigenvalue weighted by atomic mass is 10.3. The van der Waals surface area contributed by atoms with Gasteiger partial charge in [-0.15, -0.1) is 0 Å². The second-order valence-corrected chi connectivity index (χ2v) is 4.23. The third-order valence-electron chi connectivity index (χ3n) is 2.09. The number of hydrogen-bond acceptors (Lipinski definition) is 4. The third kappa shape index (κ3) is 5.21. The molecule has 0 saturated heterocycles. The number of nitrogens with zero attached hydrogens (tertiary/aromatic N) is 1. The predicted molar refractivity (Wildman–Crippen MR) is 69.0 cm³/mol. The van der Waals surface area contributed by atoms with Crippen molar-refractivity contribution in [3.63, 3.8) is 0 Å². The zero-order valence-electron chi connectivity index (χ0n) is 10.4. The Morgan fingerprint density at radius 2 is 2.00 bits per heavy atom. The van der Waals surface area contributed by atoms with Gasteiger partial charge in [-0.1, -0.05) is 0 Å². The number of amides is 1. The smallest absolute Gasteiger partial charge is 0.411 e. The summed E-state index contributed by atoms with van der Waals surface area (Å²) in [6.45, 7) is 2.54. The number of nitrogen functional groups attached to an aromatic ring is 1. The predicted octanol–water partition coefficient (Wildman–Crippen LogP) is 1.77.